The Morgan fingerprint density at radius 2 is 1.51 bits per heavy atom. The van der Waals surface area contributed by atoms with Crippen molar-refractivity contribution in [3.05, 3.63) is 96.1 Å². The van der Waals surface area contributed by atoms with Gasteiger partial charge in [0.25, 0.3) is 0 Å². The molecular formula is C33H39N3O3. The van der Waals surface area contributed by atoms with Crippen molar-refractivity contribution in [3.8, 4) is 11.4 Å². The van der Waals surface area contributed by atoms with Crippen LogP contribution in [0.25, 0.3) is 16.7 Å². The molecule has 0 fully saturated rings. The molecule has 4 aromatic rings. The maximum atomic E-state index is 12.3. The lowest BCUT2D eigenvalue weighted by molar-refractivity contribution is -0.146. The van der Waals surface area contributed by atoms with Crippen LogP contribution in [0.15, 0.2) is 79.4 Å². The highest BCUT2D eigenvalue weighted by molar-refractivity contribution is 5.81. The van der Waals surface area contributed by atoms with Crippen LogP contribution in [-0.4, -0.2) is 32.2 Å². The van der Waals surface area contributed by atoms with E-state index in [2.05, 4.69) is 66.3 Å². The molecule has 0 spiro atoms. The number of phenols is 1. The van der Waals surface area contributed by atoms with Gasteiger partial charge in [0, 0.05) is 22.5 Å². The number of esters is 1. The second-order valence-corrected chi connectivity index (χ2v) is 12.3. The van der Waals surface area contributed by atoms with Crippen molar-refractivity contribution in [2.24, 2.45) is 5.41 Å². The summed E-state index contributed by atoms with van der Waals surface area (Å²) in [7, 11) is 0. The van der Waals surface area contributed by atoms with E-state index in [9.17, 15) is 9.90 Å². The Labute approximate surface area is 231 Å². The molecule has 4 rings (SSSR count). The van der Waals surface area contributed by atoms with E-state index in [1.807, 2.05) is 55.5 Å². The van der Waals surface area contributed by atoms with E-state index >= 15 is 0 Å². The van der Waals surface area contributed by atoms with Gasteiger partial charge in [0.1, 0.15) is 28.6 Å². The van der Waals surface area contributed by atoms with Gasteiger partial charge in [0.2, 0.25) is 0 Å². The molecule has 0 saturated heterocycles. The number of nitrogens with zero attached hydrogens (tertiary/aromatic N) is 3. The van der Waals surface area contributed by atoms with Crippen LogP contribution >= 0.6 is 0 Å². The van der Waals surface area contributed by atoms with Crippen molar-refractivity contribution in [1.29, 1.82) is 0 Å². The predicted octanol–water partition coefficient (Wildman–Crippen LogP) is 7.26. The number of phenolic OH excluding ortho intramolecular Hbond substituents is 1. The zero-order valence-electron chi connectivity index (χ0n) is 24.0. The molecule has 6 nitrogen and oxygen atoms in total. The summed E-state index contributed by atoms with van der Waals surface area (Å²) in [5.74, 6) is -0.353. The number of aromatic hydroxyl groups is 1. The molecular weight excluding hydrogens is 486 g/mol. The summed E-state index contributed by atoms with van der Waals surface area (Å²) < 4.78 is 5.84. The molecule has 0 aliphatic carbocycles. The highest BCUT2D eigenvalue weighted by atomic mass is 16.5. The second-order valence-electron chi connectivity index (χ2n) is 12.3. The second kappa shape index (κ2) is 10.3. The van der Waals surface area contributed by atoms with Crippen molar-refractivity contribution >= 4 is 17.0 Å². The van der Waals surface area contributed by atoms with Crippen molar-refractivity contribution in [1.82, 2.24) is 15.0 Å². The largest absolute Gasteiger partial charge is 0.505 e. The number of benzene rings is 3. The lowest BCUT2D eigenvalue weighted by Crippen LogP contribution is -2.41. The van der Waals surface area contributed by atoms with Gasteiger partial charge in [0.05, 0.1) is 0 Å². The highest BCUT2D eigenvalue weighted by Gasteiger charge is 2.41. The summed E-state index contributed by atoms with van der Waals surface area (Å²) in [6, 6.07) is 21.7. The Hall–Kier alpha value is -3.93. The molecule has 0 bridgehead atoms. The van der Waals surface area contributed by atoms with Gasteiger partial charge in [-0.15, -0.1) is 15.0 Å². The monoisotopic (exact) mass is 525 g/mol. The van der Waals surface area contributed by atoms with Crippen LogP contribution < -0.4 is 0 Å². The van der Waals surface area contributed by atoms with Gasteiger partial charge in [-0.3, -0.25) is 0 Å². The summed E-state index contributed by atoms with van der Waals surface area (Å²) >= 11 is 0. The van der Waals surface area contributed by atoms with E-state index in [0.29, 0.717) is 5.69 Å². The summed E-state index contributed by atoms with van der Waals surface area (Å²) in [6.07, 6.45) is 1.44. The van der Waals surface area contributed by atoms with Gasteiger partial charge in [0.15, 0.2) is 0 Å². The first-order valence-corrected chi connectivity index (χ1v) is 13.4. The van der Waals surface area contributed by atoms with Gasteiger partial charge in [-0.1, -0.05) is 96.7 Å². The summed E-state index contributed by atoms with van der Waals surface area (Å²) in [5.41, 5.74) is 3.43. The number of hydrogen-bond donors (Lipinski definition) is 1. The first-order chi connectivity index (χ1) is 18.3. The Morgan fingerprint density at radius 1 is 0.949 bits per heavy atom. The number of hydrogen-bond acceptors (Lipinski definition) is 5. The van der Waals surface area contributed by atoms with Crippen LogP contribution in [0.1, 0.15) is 71.6 Å². The van der Waals surface area contributed by atoms with Crippen LogP contribution in [0.2, 0.25) is 0 Å². The van der Waals surface area contributed by atoms with Crippen molar-refractivity contribution in [2.45, 2.75) is 71.8 Å². The lowest BCUT2D eigenvalue weighted by Gasteiger charge is -2.41. The Balaban J connectivity index is 2.02. The van der Waals surface area contributed by atoms with Crippen LogP contribution in [-0.2, 0) is 20.4 Å². The molecule has 2 unspecified atom stereocenters. The third-order valence-electron chi connectivity index (χ3n) is 7.67. The van der Waals surface area contributed by atoms with Crippen LogP contribution in [0.5, 0.6) is 5.75 Å². The normalized spacial score (nSPS) is 14.5. The summed E-state index contributed by atoms with van der Waals surface area (Å²) in [4.78, 5) is 13.8. The number of carbonyl (C=O) groups is 1. The summed E-state index contributed by atoms with van der Waals surface area (Å²) in [6.45, 7) is 18.3. The first-order valence-electron chi connectivity index (χ1n) is 13.4. The maximum absolute atomic E-state index is 12.3. The van der Waals surface area contributed by atoms with E-state index in [-0.39, 0.29) is 11.2 Å². The SMILES string of the molecule is C=CC(=O)OC(C)C(C)(CC(C)(C)C)c1cc(-n2nc3ccccc3n2)c(O)c(C(C)(C)c2ccccc2)c1. The fraction of sp³-hybridized carbons (Fsp3) is 0.364. The number of carbonyl (C=O) groups excluding carboxylic acids is 1. The zero-order valence-corrected chi connectivity index (χ0v) is 24.0. The molecule has 1 heterocycles. The van der Waals surface area contributed by atoms with E-state index in [1.54, 1.807) is 0 Å². The standard InChI is InChI=1S/C33H39N3O3/c1-9-29(37)39-22(2)33(8,21-31(3,4)5)24-19-25(32(6,7)23-15-11-10-12-16-23)30(38)28(20-24)36-34-26-17-13-14-18-27(26)35-36/h9-20,22,38H,1,21H2,2-8H3. The van der Waals surface area contributed by atoms with Crippen LogP contribution in [0.3, 0.4) is 0 Å². The molecule has 2 atom stereocenters. The van der Waals surface area contributed by atoms with Crippen molar-refractivity contribution in [3.63, 3.8) is 0 Å². The number of fused-ring (bicyclic) bond motifs is 1. The van der Waals surface area contributed by atoms with E-state index in [0.717, 1.165) is 34.1 Å². The zero-order chi connectivity index (χ0) is 28.6. The fourth-order valence-electron chi connectivity index (χ4n) is 5.49. The molecule has 204 valence electrons. The number of rotatable bonds is 8. The van der Waals surface area contributed by atoms with Gasteiger partial charge < -0.3 is 9.84 Å². The lowest BCUT2D eigenvalue weighted by atomic mass is 9.66. The van der Waals surface area contributed by atoms with Crippen molar-refractivity contribution < 1.29 is 14.6 Å². The molecule has 1 N–H and O–H groups in total. The molecule has 1 aromatic heterocycles. The summed E-state index contributed by atoms with van der Waals surface area (Å²) in [5, 5.41) is 21.2. The van der Waals surface area contributed by atoms with Crippen LogP contribution in [0.4, 0.5) is 0 Å². The van der Waals surface area contributed by atoms with Gasteiger partial charge in [-0.05, 0) is 48.1 Å². The average molecular weight is 526 g/mol. The maximum Gasteiger partial charge on any atom is 0.330 e. The average Bonchev–Trinajstić information content (AvgIpc) is 3.32. The third kappa shape index (κ3) is 5.60. The number of aromatic nitrogens is 3. The van der Waals surface area contributed by atoms with Gasteiger partial charge in [-0.25, -0.2) is 4.79 Å². The molecule has 0 aliphatic rings. The Morgan fingerprint density at radius 3 is 2.05 bits per heavy atom. The first kappa shape index (κ1) is 28.1. The fourth-order valence-corrected chi connectivity index (χ4v) is 5.49. The Kier molecular flexibility index (Phi) is 7.44. The molecule has 3 aromatic carbocycles. The quantitative estimate of drug-likeness (QED) is 0.193. The third-order valence-corrected chi connectivity index (χ3v) is 7.67. The molecule has 0 aliphatic heterocycles. The van der Waals surface area contributed by atoms with Crippen molar-refractivity contribution in [2.75, 3.05) is 0 Å². The molecule has 6 heteroatoms. The van der Waals surface area contributed by atoms with Crippen LogP contribution in [0, 0.1) is 5.41 Å². The van der Waals surface area contributed by atoms with Gasteiger partial charge in [-0.2, -0.15) is 0 Å². The van der Waals surface area contributed by atoms with E-state index < -0.39 is 22.9 Å². The highest BCUT2D eigenvalue weighted by Crippen LogP contribution is 2.46. The van der Waals surface area contributed by atoms with E-state index in [1.165, 1.54) is 10.9 Å². The number of ether oxygens (including phenoxy) is 1. The van der Waals surface area contributed by atoms with E-state index in [4.69, 9.17) is 14.9 Å². The molecule has 39 heavy (non-hydrogen) atoms. The van der Waals surface area contributed by atoms with Gasteiger partial charge >= 0.3 is 5.97 Å². The Bertz CT molecular complexity index is 1460. The minimum absolute atomic E-state index is 0.0879. The molecule has 0 radical (unpaired) electrons. The minimum Gasteiger partial charge on any atom is -0.505 e. The topological polar surface area (TPSA) is 77.2 Å². The molecule has 0 saturated carbocycles. The molecule has 0 amide bonds. The smallest absolute Gasteiger partial charge is 0.330 e. The minimum atomic E-state index is -0.604. The predicted molar refractivity (Wildman–Crippen MR) is 156 cm³/mol.